The van der Waals surface area contributed by atoms with Crippen molar-refractivity contribution in [3.05, 3.63) is 35.6 Å². The van der Waals surface area contributed by atoms with Crippen molar-refractivity contribution in [1.82, 2.24) is 26.0 Å². The van der Waals surface area contributed by atoms with E-state index in [1.807, 2.05) is 6.07 Å². The Labute approximate surface area is 148 Å². The molecule has 2 aliphatic rings. The zero-order valence-corrected chi connectivity index (χ0v) is 14.8. The van der Waals surface area contributed by atoms with Gasteiger partial charge in [0.05, 0.1) is 12.0 Å². The third-order valence-electron chi connectivity index (χ3n) is 5.07. The van der Waals surface area contributed by atoms with E-state index in [0.29, 0.717) is 13.1 Å². The molecule has 138 valence electrons. The van der Waals surface area contributed by atoms with Crippen molar-refractivity contribution in [1.29, 1.82) is 0 Å². The number of piperazine rings is 1. The van der Waals surface area contributed by atoms with Crippen LogP contribution in [0.25, 0.3) is 0 Å². The molecule has 3 N–H and O–H groups in total. The van der Waals surface area contributed by atoms with Gasteiger partial charge in [-0.1, -0.05) is 12.1 Å². The summed E-state index contributed by atoms with van der Waals surface area (Å²) >= 11 is 0. The number of benzene rings is 1. The quantitative estimate of drug-likeness (QED) is 0.647. The summed E-state index contributed by atoms with van der Waals surface area (Å²) in [7, 11) is 2.15. The second-order valence-corrected chi connectivity index (χ2v) is 6.95. The Morgan fingerprint density at radius 3 is 2.88 bits per heavy atom. The predicted molar refractivity (Wildman–Crippen MR) is 95.3 cm³/mol. The van der Waals surface area contributed by atoms with Crippen molar-refractivity contribution in [2.24, 2.45) is 5.92 Å². The van der Waals surface area contributed by atoms with Crippen LogP contribution in [-0.4, -0.2) is 68.6 Å². The van der Waals surface area contributed by atoms with E-state index in [4.69, 9.17) is 0 Å². The summed E-state index contributed by atoms with van der Waals surface area (Å²) in [6.45, 7) is 6.67. The number of nitrogens with one attached hydrogen (secondary N) is 3. The van der Waals surface area contributed by atoms with Gasteiger partial charge in [0.15, 0.2) is 0 Å². The molecule has 2 aliphatic heterocycles. The van der Waals surface area contributed by atoms with Crippen molar-refractivity contribution in [2.45, 2.75) is 12.5 Å². The van der Waals surface area contributed by atoms with Gasteiger partial charge in [-0.25, -0.2) is 9.82 Å². The number of halogens is 1. The minimum Gasteiger partial charge on any atom is -0.356 e. The number of hydrogen-bond acceptors (Lipinski definition) is 5. The molecule has 3 rings (SSSR count). The first kappa shape index (κ1) is 18.3. The van der Waals surface area contributed by atoms with Gasteiger partial charge < -0.3 is 15.1 Å². The maximum Gasteiger partial charge on any atom is 0.226 e. The largest absolute Gasteiger partial charge is 0.356 e. The summed E-state index contributed by atoms with van der Waals surface area (Å²) in [6, 6.07) is 6.22. The molecule has 0 radical (unpaired) electrons. The standard InChI is InChI=1S/C18H28FN5O/c1-23-8-10-24(11-9-23)7-3-6-20-18(25)16-13-21-22-17(16)14-4-2-5-15(19)12-14/h2,4-5,12,16-17,21-22H,3,6-11,13H2,1H3,(H,20,25). The molecule has 7 heteroatoms. The molecular formula is C18H28FN5O. The van der Waals surface area contributed by atoms with E-state index in [1.54, 1.807) is 6.07 Å². The molecule has 2 atom stereocenters. The number of hydrogen-bond donors (Lipinski definition) is 3. The highest BCUT2D eigenvalue weighted by atomic mass is 19.1. The third kappa shape index (κ3) is 4.98. The summed E-state index contributed by atoms with van der Waals surface area (Å²) in [4.78, 5) is 17.3. The molecule has 1 aromatic carbocycles. The monoisotopic (exact) mass is 349 g/mol. The lowest BCUT2D eigenvalue weighted by molar-refractivity contribution is -0.124. The van der Waals surface area contributed by atoms with E-state index in [2.05, 4.69) is 33.0 Å². The van der Waals surface area contributed by atoms with E-state index in [9.17, 15) is 9.18 Å². The fourth-order valence-corrected chi connectivity index (χ4v) is 3.47. The Balaban J connectivity index is 1.43. The van der Waals surface area contributed by atoms with Crippen molar-refractivity contribution in [2.75, 3.05) is 52.9 Å². The van der Waals surface area contributed by atoms with Gasteiger partial charge in [0.1, 0.15) is 5.82 Å². The van der Waals surface area contributed by atoms with Crippen molar-refractivity contribution < 1.29 is 9.18 Å². The SMILES string of the molecule is CN1CCN(CCCNC(=O)C2CNNC2c2cccc(F)c2)CC1. The Kier molecular flexibility index (Phi) is 6.36. The number of carbonyl (C=O) groups excluding carboxylic acids is 1. The maximum atomic E-state index is 13.4. The number of hydrazine groups is 1. The zero-order valence-electron chi connectivity index (χ0n) is 14.8. The summed E-state index contributed by atoms with van der Waals surface area (Å²) in [5.74, 6) is -0.492. The fraction of sp³-hybridized carbons (Fsp3) is 0.611. The van der Waals surface area contributed by atoms with E-state index in [1.165, 1.54) is 12.1 Å². The predicted octanol–water partition coefficient (Wildman–Crippen LogP) is 0.345. The van der Waals surface area contributed by atoms with Gasteiger partial charge in [0.2, 0.25) is 5.91 Å². The van der Waals surface area contributed by atoms with Gasteiger partial charge in [-0.2, -0.15) is 0 Å². The summed E-state index contributed by atoms with van der Waals surface area (Å²) in [6.07, 6.45) is 0.952. The van der Waals surface area contributed by atoms with Crippen LogP contribution in [0.1, 0.15) is 18.0 Å². The van der Waals surface area contributed by atoms with Crippen molar-refractivity contribution >= 4 is 5.91 Å². The Bertz CT molecular complexity index is 576. The molecule has 0 spiro atoms. The fourth-order valence-electron chi connectivity index (χ4n) is 3.47. The molecule has 0 bridgehead atoms. The van der Waals surface area contributed by atoms with Gasteiger partial charge in [0, 0.05) is 39.3 Å². The average molecular weight is 349 g/mol. The van der Waals surface area contributed by atoms with Crippen LogP contribution in [0.15, 0.2) is 24.3 Å². The first-order chi connectivity index (χ1) is 12.1. The summed E-state index contributed by atoms with van der Waals surface area (Å²) in [5, 5.41) is 3.04. The second kappa shape index (κ2) is 8.71. The zero-order chi connectivity index (χ0) is 17.6. The number of rotatable bonds is 6. The van der Waals surface area contributed by atoms with E-state index < -0.39 is 0 Å². The van der Waals surface area contributed by atoms with Crippen LogP contribution in [0.4, 0.5) is 4.39 Å². The molecular weight excluding hydrogens is 321 g/mol. The van der Waals surface area contributed by atoms with Gasteiger partial charge in [0.25, 0.3) is 0 Å². The minimum atomic E-state index is -0.280. The summed E-state index contributed by atoms with van der Waals surface area (Å²) in [5.41, 5.74) is 6.90. The van der Waals surface area contributed by atoms with Crippen LogP contribution in [0.2, 0.25) is 0 Å². The lowest BCUT2D eigenvalue weighted by atomic mass is 9.94. The molecule has 0 aliphatic carbocycles. The number of carbonyl (C=O) groups is 1. The highest BCUT2D eigenvalue weighted by Crippen LogP contribution is 2.25. The first-order valence-corrected chi connectivity index (χ1v) is 9.06. The molecule has 0 aromatic heterocycles. The highest BCUT2D eigenvalue weighted by molar-refractivity contribution is 5.80. The van der Waals surface area contributed by atoms with Crippen LogP contribution in [0.5, 0.6) is 0 Å². The number of likely N-dealkylation sites (N-methyl/N-ethyl adjacent to an activating group) is 1. The first-order valence-electron chi connectivity index (χ1n) is 9.06. The van der Waals surface area contributed by atoms with Crippen LogP contribution < -0.4 is 16.2 Å². The molecule has 1 aromatic rings. The van der Waals surface area contributed by atoms with Crippen molar-refractivity contribution in [3.63, 3.8) is 0 Å². The molecule has 2 unspecified atom stereocenters. The molecule has 1 amide bonds. The minimum absolute atomic E-state index is 0.0186. The number of amides is 1. The Morgan fingerprint density at radius 1 is 1.32 bits per heavy atom. The highest BCUT2D eigenvalue weighted by Gasteiger charge is 2.33. The second-order valence-electron chi connectivity index (χ2n) is 6.95. The van der Waals surface area contributed by atoms with E-state index in [-0.39, 0.29) is 23.7 Å². The summed E-state index contributed by atoms with van der Waals surface area (Å²) < 4.78 is 13.4. The van der Waals surface area contributed by atoms with Gasteiger partial charge in [-0.05, 0) is 37.7 Å². The van der Waals surface area contributed by atoms with Crippen LogP contribution in [-0.2, 0) is 4.79 Å². The topological polar surface area (TPSA) is 59.6 Å². The van der Waals surface area contributed by atoms with Crippen molar-refractivity contribution in [3.8, 4) is 0 Å². The maximum absolute atomic E-state index is 13.4. The molecule has 2 saturated heterocycles. The molecule has 0 saturated carbocycles. The van der Waals surface area contributed by atoms with Crippen LogP contribution in [0, 0.1) is 11.7 Å². The number of nitrogens with zero attached hydrogens (tertiary/aromatic N) is 2. The van der Waals surface area contributed by atoms with E-state index >= 15 is 0 Å². The molecule has 6 nitrogen and oxygen atoms in total. The molecule has 2 heterocycles. The van der Waals surface area contributed by atoms with Crippen LogP contribution in [0.3, 0.4) is 0 Å². The average Bonchev–Trinajstić information content (AvgIpc) is 3.10. The van der Waals surface area contributed by atoms with Crippen LogP contribution >= 0.6 is 0 Å². The molecule has 2 fully saturated rings. The lowest BCUT2D eigenvalue weighted by Crippen LogP contribution is -2.45. The molecule has 25 heavy (non-hydrogen) atoms. The van der Waals surface area contributed by atoms with E-state index in [0.717, 1.165) is 44.7 Å². The van der Waals surface area contributed by atoms with Gasteiger partial charge >= 0.3 is 0 Å². The Hall–Kier alpha value is -1.54. The Morgan fingerprint density at radius 2 is 2.12 bits per heavy atom. The third-order valence-corrected chi connectivity index (χ3v) is 5.07. The van der Waals surface area contributed by atoms with Gasteiger partial charge in [-0.3, -0.25) is 10.2 Å². The smallest absolute Gasteiger partial charge is 0.226 e. The normalized spacial score (nSPS) is 25.2. The lowest BCUT2D eigenvalue weighted by Gasteiger charge is -2.32. The van der Waals surface area contributed by atoms with Gasteiger partial charge in [-0.15, -0.1) is 0 Å².